The van der Waals surface area contributed by atoms with Crippen LogP contribution in [-0.4, -0.2) is 27.5 Å². The Morgan fingerprint density at radius 1 is 1.23 bits per heavy atom. The van der Waals surface area contributed by atoms with Crippen LogP contribution in [0.3, 0.4) is 0 Å². The van der Waals surface area contributed by atoms with Gasteiger partial charge in [0.15, 0.2) is 0 Å². The third kappa shape index (κ3) is 3.42. The Balaban J connectivity index is 1.42. The molecule has 0 saturated heterocycles. The lowest BCUT2D eigenvalue weighted by Crippen LogP contribution is -2.36. The number of carbonyl (C=O) groups is 1. The molecule has 0 fully saturated rings. The first kappa shape index (κ1) is 16.3. The molecule has 1 aromatic carbocycles. The third-order valence-corrected chi connectivity index (χ3v) is 4.14. The molecule has 7 heteroatoms. The number of rotatable bonds is 3. The van der Waals surface area contributed by atoms with Crippen LogP contribution in [0.2, 0.25) is 0 Å². The van der Waals surface area contributed by atoms with E-state index in [1.54, 1.807) is 4.90 Å². The number of halogens is 1. The van der Waals surface area contributed by atoms with E-state index in [2.05, 4.69) is 9.97 Å². The summed E-state index contributed by atoms with van der Waals surface area (Å²) in [6.07, 6.45) is 1.28. The number of oxazole rings is 1. The average molecular weight is 353 g/mol. The van der Waals surface area contributed by atoms with Gasteiger partial charge in [0.05, 0.1) is 12.7 Å². The lowest BCUT2D eigenvalue weighted by Gasteiger charge is -2.24. The normalized spacial score (nSPS) is 13.3. The van der Waals surface area contributed by atoms with Crippen LogP contribution in [0.4, 0.5) is 9.18 Å². The molecule has 1 amide bonds. The molecule has 0 bridgehead atoms. The number of benzene rings is 1. The highest BCUT2D eigenvalue weighted by Crippen LogP contribution is 2.25. The number of nitrogens with zero attached hydrogens (tertiary/aromatic N) is 3. The van der Waals surface area contributed by atoms with E-state index < -0.39 is 5.82 Å². The molecular weight excluding hydrogens is 337 g/mol. The van der Waals surface area contributed by atoms with Gasteiger partial charge in [-0.15, -0.1) is 0 Å². The summed E-state index contributed by atoms with van der Waals surface area (Å²) in [5.74, 6) is 0.630. The second kappa shape index (κ2) is 6.95. The van der Waals surface area contributed by atoms with Crippen LogP contribution in [0.15, 0.2) is 53.1 Å². The van der Waals surface area contributed by atoms with E-state index in [1.807, 2.05) is 30.3 Å². The summed E-state index contributed by atoms with van der Waals surface area (Å²) in [7, 11) is 0. The molecule has 0 N–H and O–H groups in total. The Hall–Kier alpha value is -3.22. The molecule has 4 rings (SSSR count). The molecule has 0 radical (unpaired) electrons. The van der Waals surface area contributed by atoms with Crippen molar-refractivity contribution >= 4 is 6.09 Å². The van der Waals surface area contributed by atoms with Gasteiger partial charge in [0.1, 0.15) is 29.6 Å². The zero-order chi connectivity index (χ0) is 17.9. The highest BCUT2D eigenvalue weighted by Gasteiger charge is 2.27. The SMILES string of the molecule is O=C(OCc1ccccc1)N1CCc2oc(-c3ccc(F)cn3)nc2C1. The standard InChI is InChI=1S/C19H16FN3O3/c20-14-6-7-15(21-10-14)18-22-16-11-23(9-8-17(16)26-18)19(24)25-12-13-4-2-1-3-5-13/h1-7,10H,8-9,11-12H2. The first-order valence-electron chi connectivity index (χ1n) is 8.25. The number of aromatic nitrogens is 2. The first-order chi connectivity index (χ1) is 12.7. The van der Waals surface area contributed by atoms with Gasteiger partial charge in [-0.3, -0.25) is 0 Å². The maximum Gasteiger partial charge on any atom is 0.410 e. The van der Waals surface area contributed by atoms with Crippen molar-refractivity contribution in [1.29, 1.82) is 0 Å². The van der Waals surface area contributed by atoms with Crippen molar-refractivity contribution in [1.82, 2.24) is 14.9 Å². The molecular formula is C19H16FN3O3. The van der Waals surface area contributed by atoms with Crippen LogP contribution in [0, 0.1) is 5.82 Å². The molecule has 0 atom stereocenters. The minimum absolute atomic E-state index is 0.229. The fourth-order valence-corrected chi connectivity index (χ4v) is 2.78. The maximum atomic E-state index is 13.0. The summed E-state index contributed by atoms with van der Waals surface area (Å²) >= 11 is 0. The monoisotopic (exact) mass is 353 g/mol. The van der Waals surface area contributed by atoms with E-state index in [1.165, 1.54) is 12.1 Å². The van der Waals surface area contributed by atoms with Gasteiger partial charge in [-0.05, 0) is 17.7 Å². The van der Waals surface area contributed by atoms with Crippen molar-refractivity contribution in [3.05, 3.63) is 71.5 Å². The molecule has 0 spiro atoms. The van der Waals surface area contributed by atoms with Crippen LogP contribution in [0.5, 0.6) is 0 Å². The zero-order valence-corrected chi connectivity index (χ0v) is 13.9. The molecule has 3 heterocycles. The minimum Gasteiger partial charge on any atom is -0.445 e. The Morgan fingerprint density at radius 3 is 2.85 bits per heavy atom. The van der Waals surface area contributed by atoms with E-state index in [4.69, 9.17) is 9.15 Å². The Bertz CT molecular complexity index is 910. The largest absolute Gasteiger partial charge is 0.445 e. The summed E-state index contributed by atoms with van der Waals surface area (Å²) in [5.41, 5.74) is 2.07. The van der Waals surface area contributed by atoms with Crippen LogP contribution < -0.4 is 0 Å². The highest BCUT2D eigenvalue weighted by atomic mass is 19.1. The van der Waals surface area contributed by atoms with Crippen LogP contribution in [0.1, 0.15) is 17.0 Å². The van der Waals surface area contributed by atoms with Crippen molar-refractivity contribution < 1.29 is 18.3 Å². The van der Waals surface area contributed by atoms with Gasteiger partial charge in [0, 0.05) is 13.0 Å². The van der Waals surface area contributed by atoms with Crippen LogP contribution in [0.25, 0.3) is 11.6 Å². The van der Waals surface area contributed by atoms with Gasteiger partial charge in [-0.1, -0.05) is 30.3 Å². The maximum absolute atomic E-state index is 13.0. The predicted molar refractivity (Wildman–Crippen MR) is 90.4 cm³/mol. The molecule has 1 aliphatic heterocycles. The predicted octanol–water partition coefficient (Wildman–Crippen LogP) is 3.57. The van der Waals surface area contributed by atoms with Crippen LogP contribution >= 0.6 is 0 Å². The molecule has 0 unspecified atom stereocenters. The number of ether oxygens (including phenoxy) is 1. The summed E-state index contributed by atoms with van der Waals surface area (Å²) in [6, 6.07) is 12.3. The van der Waals surface area contributed by atoms with Gasteiger partial charge in [-0.25, -0.2) is 19.2 Å². The van der Waals surface area contributed by atoms with E-state index in [0.29, 0.717) is 36.8 Å². The fourth-order valence-electron chi connectivity index (χ4n) is 2.78. The third-order valence-electron chi connectivity index (χ3n) is 4.14. The summed E-state index contributed by atoms with van der Waals surface area (Å²) in [4.78, 5) is 22.3. The minimum atomic E-state index is -0.419. The molecule has 6 nitrogen and oxygen atoms in total. The fraction of sp³-hybridized carbons (Fsp3) is 0.211. The van der Waals surface area contributed by atoms with Gasteiger partial charge >= 0.3 is 6.09 Å². The summed E-state index contributed by atoms with van der Waals surface area (Å²) < 4.78 is 24.1. The number of fused-ring (bicyclic) bond motifs is 1. The van der Waals surface area contributed by atoms with Gasteiger partial charge < -0.3 is 14.1 Å². The Kier molecular flexibility index (Phi) is 4.35. The highest BCUT2D eigenvalue weighted by molar-refractivity contribution is 5.68. The molecule has 0 saturated carbocycles. The number of hydrogen-bond donors (Lipinski definition) is 0. The second-order valence-corrected chi connectivity index (χ2v) is 5.96. The Morgan fingerprint density at radius 2 is 2.08 bits per heavy atom. The van der Waals surface area contributed by atoms with Gasteiger partial charge in [-0.2, -0.15) is 0 Å². The van der Waals surface area contributed by atoms with Gasteiger partial charge in [0.2, 0.25) is 5.89 Å². The molecule has 0 aliphatic carbocycles. The van der Waals surface area contributed by atoms with Crippen molar-refractivity contribution in [2.75, 3.05) is 6.54 Å². The van der Waals surface area contributed by atoms with Crippen molar-refractivity contribution in [2.24, 2.45) is 0 Å². The molecule has 3 aromatic rings. The summed E-state index contributed by atoms with van der Waals surface area (Å²) in [5, 5.41) is 0. The molecule has 26 heavy (non-hydrogen) atoms. The van der Waals surface area contributed by atoms with E-state index in [9.17, 15) is 9.18 Å². The van der Waals surface area contributed by atoms with Crippen molar-refractivity contribution in [3.8, 4) is 11.6 Å². The van der Waals surface area contributed by atoms with E-state index in [0.717, 1.165) is 17.5 Å². The zero-order valence-electron chi connectivity index (χ0n) is 13.9. The van der Waals surface area contributed by atoms with Crippen LogP contribution in [-0.2, 0) is 24.3 Å². The quantitative estimate of drug-likeness (QED) is 0.720. The summed E-state index contributed by atoms with van der Waals surface area (Å²) in [6.45, 7) is 1.03. The smallest absolute Gasteiger partial charge is 0.410 e. The van der Waals surface area contributed by atoms with E-state index in [-0.39, 0.29) is 12.7 Å². The first-order valence-corrected chi connectivity index (χ1v) is 8.25. The van der Waals surface area contributed by atoms with Crippen molar-refractivity contribution in [3.63, 3.8) is 0 Å². The second-order valence-electron chi connectivity index (χ2n) is 5.96. The number of hydrogen-bond acceptors (Lipinski definition) is 5. The number of amides is 1. The molecule has 2 aromatic heterocycles. The van der Waals surface area contributed by atoms with E-state index >= 15 is 0 Å². The van der Waals surface area contributed by atoms with Gasteiger partial charge in [0.25, 0.3) is 0 Å². The lowest BCUT2D eigenvalue weighted by atomic mass is 10.2. The molecule has 1 aliphatic rings. The molecule has 132 valence electrons. The Labute approximate surface area is 149 Å². The number of pyridine rings is 1. The lowest BCUT2D eigenvalue weighted by molar-refractivity contribution is 0.0904. The van der Waals surface area contributed by atoms with Crippen molar-refractivity contribution in [2.45, 2.75) is 19.6 Å². The topological polar surface area (TPSA) is 68.5 Å². The average Bonchev–Trinajstić information content (AvgIpc) is 3.10. The number of carbonyl (C=O) groups excluding carboxylic acids is 1.